The molecule has 422 valence electrons. The van der Waals surface area contributed by atoms with Crippen LogP contribution >= 0.6 is 0 Å². The van der Waals surface area contributed by atoms with Crippen molar-refractivity contribution in [3.63, 3.8) is 0 Å². The predicted octanol–water partition coefficient (Wildman–Crippen LogP) is 9.16. The molecule has 73 heavy (non-hydrogen) atoms. The van der Waals surface area contributed by atoms with Crippen molar-refractivity contribution >= 4 is 5.91 Å². The van der Waals surface area contributed by atoms with Gasteiger partial charge in [0.15, 0.2) is 12.6 Å². The van der Waals surface area contributed by atoms with Crippen LogP contribution in [0.1, 0.15) is 200 Å². The molecule has 1 amide bonds. The maximum Gasteiger partial charge on any atom is 0.220 e. The van der Waals surface area contributed by atoms with Crippen LogP contribution in [0, 0.1) is 0 Å². The van der Waals surface area contributed by atoms with Crippen molar-refractivity contribution in [3.05, 3.63) is 72.9 Å². The fourth-order valence-corrected chi connectivity index (χ4v) is 9.06. The molecule has 12 unspecified atom stereocenters. The molecule has 2 aliphatic rings. The van der Waals surface area contributed by atoms with Gasteiger partial charge in [0, 0.05) is 6.42 Å². The Labute approximate surface area is 440 Å². The number of unbranched alkanes of at least 4 members (excludes halogenated alkanes) is 19. The zero-order valence-corrected chi connectivity index (χ0v) is 45.1. The van der Waals surface area contributed by atoms with E-state index < -0.39 is 86.8 Å². The lowest BCUT2D eigenvalue weighted by Gasteiger charge is -2.46. The van der Waals surface area contributed by atoms with E-state index in [0.717, 1.165) is 89.9 Å². The van der Waals surface area contributed by atoms with Crippen LogP contribution in [0.5, 0.6) is 0 Å². The van der Waals surface area contributed by atoms with Crippen molar-refractivity contribution < 1.29 is 64.6 Å². The quantitative estimate of drug-likeness (QED) is 0.0205. The number of rotatable bonds is 44. The maximum atomic E-state index is 13.3. The molecule has 14 heteroatoms. The van der Waals surface area contributed by atoms with Gasteiger partial charge in [0.05, 0.1) is 32.0 Å². The summed E-state index contributed by atoms with van der Waals surface area (Å²) in [6.07, 6.45) is 40.3. The number of aliphatic hydroxyl groups is 8. The van der Waals surface area contributed by atoms with Crippen molar-refractivity contribution in [3.8, 4) is 0 Å². The van der Waals surface area contributed by atoms with E-state index in [2.05, 4.69) is 92.1 Å². The highest BCUT2D eigenvalue weighted by Crippen LogP contribution is 2.30. The number of ether oxygens (including phenoxy) is 4. The molecule has 0 saturated carbocycles. The van der Waals surface area contributed by atoms with Crippen LogP contribution in [0.4, 0.5) is 0 Å². The lowest BCUT2D eigenvalue weighted by atomic mass is 9.97. The number of amides is 1. The molecule has 9 N–H and O–H groups in total. The minimum atomic E-state index is -1.79. The normalized spacial score (nSPS) is 25.9. The van der Waals surface area contributed by atoms with Crippen molar-refractivity contribution in [1.29, 1.82) is 0 Å². The van der Waals surface area contributed by atoms with Gasteiger partial charge in [-0.25, -0.2) is 0 Å². The molecular weight excluding hydrogens is 931 g/mol. The van der Waals surface area contributed by atoms with Crippen LogP contribution in [-0.2, 0) is 23.7 Å². The largest absolute Gasteiger partial charge is 0.394 e. The van der Waals surface area contributed by atoms with Crippen LogP contribution in [-0.4, -0.2) is 140 Å². The summed E-state index contributed by atoms with van der Waals surface area (Å²) >= 11 is 0. The average Bonchev–Trinajstić information content (AvgIpc) is 3.39. The summed E-state index contributed by atoms with van der Waals surface area (Å²) in [5, 5.41) is 87.2. The van der Waals surface area contributed by atoms with Crippen LogP contribution in [0.2, 0.25) is 0 Å². The van der Waals surface area contributed by atoms with Crippen LogP contribution in [0.15, 0.2) is 72.9 Å². The summed E-state index contributed by atoms with van der Waals surface area (Å²) in [6, 6.07) is -0.847. The van der Waals surface area contributed by atoms with Gasteiger partial charge in [-0.3, -0.25) is 4.79 Å². The zero-order chi connectivity index (χ0) is 53.2. The predicted molar refractivity (Wildman–Crippen MR) is 290 cm³/mol. The van der Waals surface area contributed by atoms with Gasteiger partial charge in [-0.15, -0.1) is 0 Å². The first kappa shape index (κ1) is 66.5. The van der Waals surface area contributed by atoms with E-state index in [1.807, 2.05) is 0 Å². The first-order valence-electron chi connectivity index (χ1n) is 28.7. The molecule has 12 atom stereocenters. The standard InChI is InChI=1S/C59H103NO13/c1-3-5-7-9-11-13-15-17-19-21-22-23-24-25-26-27-29-31-33-35-37-39-41-43-51(64)60-47(48(63)42-40-38-36-34-32-30-28-20-18-16-14-12-10-8-6-4-2)46-70-58-56(69)54(67)57(50(45-62)72-58)73-59-55(68)53(66)52(65)49(44-61)71-59/h5,7,11,13,17,19,22-23,25-26,29,31,47-50,52-59,61-63,65-69H,3-4,6,8-10,12,14-16,18,20-21,24,27-28,30,32-46H2,1-2H3,(H,60,64)/b7-5-,13-11-,19-17-,23-22-,26-25-,31-29-. The Bertz CT molecular complexity index is 1500. The summed E-state index contributed by atoms with van der Waals surface area (Å²) in [7, 11) is 0. The molecule has 0 aromatic carbocycles. The Balaban J connectivity index is 1.79. The Hall–Kier alpha value is -2.57. The molecule has 2 rings (SSSR count). The Morgan fingerprint density at radius 1 is 0.507 bits per heavy atom. The van der Waals surface area contributed by atoms with Gasteiger partial charge in [-0.2, -0.15) is 0 Å². The number of hydrogen-bond donors (Lipinski definition) is 9. The van der Waals surface area contributed by atoms with E-state index in [1.165, 1.54) is 77.0 Å². The van der Waals surface area contributed by atoms with Crippen molar-refractivity contribution in [1.82, 2.24) is 5.32 Å². The molecule has 0 spiro atoms. The Morgan fingerprint density at radius 2 is 0.945 bits per heavy atom. The smallest absolute Gasteiger partial charge is 0.220 e. The fourth-order valence-electron chi connectivity index (χ4n) is 9.06. The number of aliphatic hydroxyl groups excluding tert-OH is 8. The molecule has 2 saturated heterocycles. The van der Waals surface area contributed by atoms with E-state index in [9.17, 15) is 45.6 Å². The van der Waals surface area contributed by atoms with E-state index >= 15 is 0 Å². The van der Waals surface area contributed by atoms with E-state index in [4.69, 9.17) is 18.9 Å². The Morgan fingerprint density at radius 3 is 1.45 bits per heavy atom. The molecular formula is C59H103NO13. The first-order valence-corrected chi connectivity index (χ1v) is 28.7. The number of allylic oxidation sites excluding steroid dienone is 12. The lowest BCUT2D eigenvalue weighted by molar-refractivity contribution is -0.359. The second-order valence-corrected chi connectivity index (χ2v) is 20.0. The molecule has 2 aliphatic heterocycles. The van der Waals surface area contributed by atoms with E-state index in [1.54, 1.807) is 0 Å². The second-order valence-electron chi connectivity index (χ2n) is 20.0. The summed E-state index contributed by atoms with van der Waals surface area (Å²) in [6.45, 7) is 2.72. The van der Waals surface area contributed by atoms with Gasteiger partial charge in [-0.05, 0) is 64.2 Å². The SMILES string of the molecule is CC/C=C\C/C=C\C/C=C\C/C=C\C/C=C\C/C=C\CCCCCCC(=O)NC(COC1OC(CO)C(OC2OC(CO)C(O)C(O)C2O)C(O)C1O)C(O)CCCCCCCCCCCCCCCCCC. The van der Waals surface area contributed by atoms with Gasteiger partial charge in [-0.1, -0.05) is 202 Å². The van der Waals surface area contributed by atoms with Crippen LogP contribution < -0.4 is 5.32 Å². The third-order valence-electron chi connectivity index (χ3n) is 13.7. The summed E-state index contributed by atoms with van der Waals surface area (Å²) in [5.41, 5.74) is 0. The minimum absolute atomic E-state index is 0.233. The van der Waals surface area contributed by atoms with Crippen LogP contribution in [0.3, 0.4) is 0 Å². The van der Waals surface area contributed by atoms with Gasteiger partial charge >= 0.3 is 0 Å². The number of carbonyl (C=O) groups is 1. The van der Waals surface area contributed by atoms with Gasteiger partial charge < -0.3 is 65.1 Å². The highest BCUT2D eigenvalue weighted by molar-refractivity contribution is 5.76. The van der Waals surface area contributed by atoms with Crippen molar-refractivity contribution in [2.45, 2.75) is 274 Å². The molecule has 0 bridgehead atoms. The molecule has 0 aliphatic carbocycles. The van der Waals surface area contributed by atoms with Crippen molar-refractivity contribution in [2.75, 3.05) is 19.8 Å². The highest BCUT2D eigenvalue weighted by Gasteiger charge is 2.51. The number of hydrogen-bond acceptors (Lipinski definition) is 13. The second kappa shape index (κ2) is 44.5. The zero-order valence-electron chi connectivity index (χ0n) is 45.1. The van der Waals surface area contributed by atoms with Gasteiger partial charge in [0.2, 0.25) is 5.91 Å². The average molecular weight is 1030 g/mol. The summed E-state index contributed by atoms with van der Waals surface area (Å²) in [5.74, 6) is -0.233. The maximum absolute atomic E-state index is 13.3. The molecule has 0 radical (unpaired) electrons. The fraction of sp³-hybridized carbons (Fsp3) is 0.780. The third-order valence-corrected chi connectivity index (χ3v) is 13.7. The number of carbonyl (C=O) groups excluding carboxylic acids is 1. The Kier molecular flexibility index (Phi) is 40.6. The van der Waals surface area contributed by atoms with Gasteiger partial charge in [0.1, 0.15) is 48.8 Å². The molecule has 2 heterocycles. The number of nitrogens with one attached hydrogen (secondary N) is 1. The summed E-state index contributed by atoms with van der Waals surface area (Å²) < 4.78 is 22.8. The topological polar surface area (TPSA) is 228 Å². The third kappa shape index (κ3) is 30.7. The molecule has 14 nitrogen and oxygen atoms in total. The van der Waals surface area contributed by atoms with Gasteiger partial charge in [0.25, 0.3) is 0 Å². The molecule has 2 fully saturated rings. The van der Waals surface area contributed by atoms with Crippen LogP contribution in [0.25, 0.3) is 0 Å². The minimum Gasteiger partial charge on any atom is -0.394 e. The monoisotopic (exact) mass is 1030 g/mol. The van der Waals surface area contributed by atoms with E-state index in [0.29, 0.717) is 12.8 Å². The lowest BCUT2D eigenvalue weighted by Crippen LogP contribution is -2.65. The molecule has 0 aromatic heterocycles. The van der Waals surface area contributed by atoms with Crippen molar-refractivity contribution in [2.24, 2.45) is 0 Å². The van der Waals surface area contributed by atoms with E-state index in [-0.39, 0.29) is 18.9 Å². The highest BCUT2D eigenvalue weighted by atomic mass is 16.7. The summed E-state index contributed by atoms with van der Waals surface area (Å²) in [4.78, 5) is 13.3. The first-order chi connectivity index (χ1) is 35.6. The molecule has 0 aromatic rings.